The number of hydrogen-bond acceptors (Lipinski definition) is 1. The lowest BCUT2D eigenvalue weighted by molar-refractivity contribution is 0.665. The number of aromatic nitrogens is 4. The van der Waals surface area contributed by atoms with E-state index in [1.165, 1.54) is 81.4 Å². The molecule has 0 unspecified atom stereocenters. The summed E-state index contributed by atoms with van der Waals surface area (Å²) < 4.78 is 7.62. The maximum absolute atomic E-state index is 5.58. The summed E-state index contributed by atoms with van der Waals surface area (Å²) in [6, 6.07) is 57.7. The highest BCUT2D eigenvalue weighted by Gasteiger charge is 2.27. The summed E-state index contributed by atoms with van der Waals surface area (Å²) in [6.45, 7) is 0. The predicted octanol–water partition coefficient (Wildman–Crippen LogP) is 12.5. The summed E-state index contributed by atoms with van der Waals surface area (Å²) >= 11 is 0. The molecule has 0 spiro atoms. The van der Waals surface area contributed by atoms with Crippen LogP contribution >= 0.6 is 0 Å². The summed E-state index contributed by atoms with van der Waals surface area (Å²) in [6.07, 6.45) is 9.33. The van der Waals surface area contributed by atoms with Gasteiger partial charge in [-0.25, -0.2) is 4.98 Å². The monoisotopic (exact) mass is 710 g/mol. The van der Waals surface area contributed by atoms with Gasteiger partial charge in [-0.3, -0.25) is 4.57 Å². The normalized spacial score (nSPS) is 14.0. The van der Waals surface area contributed by atoms with E-state index in [9.17, 15) is 0 Å². The molecule has 2 aliphatic rings. The summed E-state index contributed by atoms with van der Waals surface area (Å²) in [7, 11) is 0. The lowest BCUT2D eigenvalue weighted by Crippen LogP contribution is -2.11. The number of para-hydroxylation sites is 2. The molecule has 2 aliphatic carbocycles. The zero-order valence-corrected chi connectivity index (χ0v) is 31.0. The highest BCUT2D eigenvalue weighted by Crippen LogP contribution is 2.42. The molecule has 0 radical (unpaired) electrons. The molecule has 4 nitrogen and oxygen atoms in total. The summed E-state index contributed by atoms with van der Waals surface area (Å²) in [5.74, 6) is 0.931. The Hall–Kier alpha value is -6.39. The largest absolute Gasteiger partial charge is 0.313 e. The summed E-state index contributed by atoms with van der Waals surface area (Å²) in [4.78, 5) is 5.58. The van der Waals surface area contributed by atoms with E-state index in [-0.39, 0.29) is 0 Å². The molecule has 0 saturated carbocycles. The summed E-state index contributed by atoms with van der Waals surface area (Å²) in [5.41, 5.74) is 17.4. The van der Waals surface area contributed by atoms with E-state index in [1.807, 2.05) is 0 Å². The van der Waals surface area contributed by atoms with Crippen LogP contribution < -0.4 is 0 Å². The van der Waals surface area contributed by atoms with Crippen molar-refractivity contribution in [2.75, 3.05) is 0 Å². The Morgan fingerprint density at radius 1 is 0.382 bits per heavy atom. The van der Waals surface area contributed by atoms with Crippen LogP contribution in [0.5, 0.6) is 0 Å². The highest BCUT2D eigenvalue weighted by molar-refractivity contribution is 5.90. The Kier molecular flexibility index (Phi) is 7.68. The van der Waals surface area contributed by atoms with E-state index < -0.39 is 0 Å². The van der Waals surface area contributed by atoms with E-state index in [2.05, 4.69) is 171 Å². The molecule has 0 atom stereocenters. The molecule has 266 valence electrons. The van der Waals surface area contributed by atoms with Crippen molar-refractivity contribution in [2.24, 2.45) is 0 Å². The quantitative estimate of drug-likeness (QED) is 0.169. The van der Waals surface area contributed by atoms with Crippen molar-refractivity contribution in [3.05, 3.63) is 180 Å². The maximum Gasteiger partial charge on any atom is 0.145 e. The van der Waals surface area contributed by atoms with Crippen molar-refractivity contribution >= 4 is 21.8 Å². The smallest absolute Gasteiger partial charge is 0.145 e. The minimum absolute atomic E-state index is 0.931. The van der Waals surface area contributed by atoms with Crippen LogP contribution in [0.2, 0.25) is 0 Å². The number of rotatable bonds is 6. The van der Waals surface area contributed by atoms with Crippen LogP contribution in [0.4, 0.5) is 0 Å². The number of hydrogen-bond donors (Lipinski definition) is 0. The molecule has 0 saturated heterocycles. The minimum atomic E-state index is 0.931. The molecule has 11 rings (SSSR count). The molecule has 0 bridgehead atoms. The van der Waals surface area contributed by atoms with Crippen LogP contribution in [0.15, 0.2) is 158 Å². The van der Waals surface area contributed by atoms with Gasteiger partial charge in [-0.15, -0.1) is 0 Å². The van der Waals surface area contributed by atoms with Crippen molar-refractivity contribution in [2.45, 2.75) is 51.4 Å². The third-order valence-corrected chi connectivity index (χ3v) is 12.0. The molecule has 0 amide bonds. The zero-order chi connectivity index (χ0) is 36.3. The molecule has 9 aromatic rings. The van der Waals surface area contributed by atoms with Crippen molar-refractivity contribution in [3.63, 3.8) is 0 Å². The van der Waals surface area contributed by atoms with E-state index in [0.29, 0.717) is 0 Å². The first-order valence-electron chi connectivity index (χ1n) is 20.0. The molecule has 55 heavy (non-hydrogen) atoms. The number of benzene rings is 6. The van der Waals surface area contributed by atoms with Gasteiger partial charge in [-0.2, -0.15) is 0 Å². The van der Waals surface area contributed by atoms with Crippen molar-refractivity contribution in [1.29, 1.82) is 0 Å². The van der Waals surface area contributed by atoms with Gasteiger partial charge < -0.3 is 9.13 Å². The molecule has 4 heteroatoms. The van der Waals surface area contributed by atoms with Gasteiger partial charge in [-0.1, -0.05) is 127 Å². The van der Waals surface area contributed by atoms with Gasteiger partial charge >= 0.3 is 0 Å². The third-order valence-electron chi connectivity index (χ3n) is 12.0. The Labute approximate surface area is 322 Å². The first-order valence-corrected chi connectivity index (χ1v) is 20.0. The first-order chi connectivity index (χ1) is 27.3. The minimum Gasteiger partial charge on any atom is -0.313 e. The second kappa shape index (κ2) is 13.2. The van der Waals surface area contributed by atoms with Crippen LogP contribution in [0.1, 0.15) is 48.2 Å². The van der Waals surface area contributed by atoms with Gasteiger partial charge in [0.15, 0.2) is 0 Å². The third kappa shape index (κ3) is 5.23. The van der Waals surface area contributed by atoms with Gasteiger partial charge in [0, 0.05) is 38.9 Å². The number of fused-ring (bicyclic) bond motifs is 6. The van der Waals surface area contributed by atoms with E-state index in [0.717, 1.165) is 65.3 Å². The Morgan fingerprint density at radius 2 is 0.800 bits per heavy atom. The molecule has 0 aliphatic heterocycles. The van der Waals surface area contributed by atoms with Crippen LogP contribution in [0.25, 0.3) is 72.8 Å². The SMILES string of the molecule is c1ccc(-c2nc(-c3ccccc3)n(-c3cc(-n4c5c(c6ccccc64)CCCC5)cc(-n4c5c(c6ccccc64)CCCC5)c3)c2-c2ccccc2)cc1. The molecule has 0 fully saturated rings. The van der Waals surface area contributed by atoms with E-state index in [4.69, 9.17) is 4.98 Å². The predicted molar refractivity (Wildman–Crippen MR) is 227 cm³/mol. The average Bonchev–Trinajstić information content (AvgIpc) is 3.93. The van der Waals surface area contributed by atoms with Crippen molar-refractivity contribution in [3.8, 4) is 51.0 Å². The lowest BCUT2D eigenvalue weighted by atomic mass is 9.95. The van der Waals surface area contributed by atoms with E-state index >= 15 is 0 Å². The second-order valence-electron chi connectivity index (χ2n) is 15.2. The zero-order valence-electron chi connectivity index (χ0n) is 31.0. The fraction of sp³-hybridized carbons (Fsp3) is 0.157. The fourth-order valence-electron chi connectivity index (χ4n) is 9.66. The molecule has 3 heterocycles. The van der Waals surface area contributed by atoms with Crippen LogP contribution in [-0.4, -0.2) is 18.7 Å². The molecule has 3 aromatic heterocycles. The maximum atomic E-state index is 5.58. The van der Waals surface area contributed by atoms with Gasteiger partial charge in [-0.05, 0) is 92.8 Å². The van der Waals surface area contributed by atoms with Crippen molar-refractivity contribution < 1.29 is 0 Å². The van der Waals surface area contributed by atoms with Gasteiger partial charge in [0.1, 0.15) is 5.82 Å². The van der Waals surface area contributed by atoms with Crippen LogP contribution in [0.3, 0.4) is 0 Å². The highest BCUT2D eigenvalue weighted by atomic mass is 15.1. The molecular weight excluding hydrogens is 669 g/mol. The average molecular weight is 711 g/mol. The summed E-state index contributed by atoms with van der Waals surface area (Å²) in [5, 5.41) is 2.77. The Bertz CT molecular complexity index is 2740. The van der Waals surface area contributed by atoms with Crippen LogP contribution in [0, 0.1) is 0 Å². The Balaban J connectivity index is 1.28. The van der Waals surface area contributed by atoms with Crippen molar-refractivity contribution in [1.82, 2.24) is 18.7 Å². The second-order valence-corrected chi connectivity index (χ2v) is 15.2. The molecule has 0 N–H and O–H groups in total. The number of imidazole rings is 1. The van der Waals surface area contributed by atoms with Crippen LogP contribution in [-0.2, 0) is 25.7 Å². The van der Waals surface area contributed by atoms with E-state index in [1.54, 1.807) is 0 Å². The standard InChI is InChI=1S/C51H42N4/c1-4-18-35(19-5-1)49-50(36-20-6-2-7-21-36)55(51(52-49)37-22-8-3-9-23-37)40-33-38(53-45-28-14-10-24-41(45)42-25-11-15-29-46(42)53)32-39(34-40)54-47-30-16-12-26-43(47)44-27-13-17-31-48(44)54/h1-10,12,14,16,18-24,26,28,30,32-34H,11,13,15,17,25,27,29,31H2. The first kappa shape index (κ1) is 32.1. The molecular formula is C51H42N4. The molecule has 6 aromatic carbocycles. The Morgan fingerprint density at radius 3 is 1.33 bits per heavy atom. The fourth-order valence-corrected chi connectivity index (χ4v) is 9.66. The number of aryl methyl sites for hydroxylation is 2. The van der Waals surface area contributed by atoms with Gasteiger partial charge in [0.2, 0.25) is 0 Å². The lowest BCUT2D eigenvalue weighted by Gasteiger charge is -2.22. The topological polar surface area (TPSA) is 27.7 Å². The van der Waals surface area contributed by atoms with Gasteiger partial charge in [0.25, 0.3) is 0 Å². The van der Waals surface area contributed by atoms with Gasteiger partial charge in [0.05, 0.1) is 39.5 Å². The number of nitrogens with zero attached hydrogens (tertiary/aromatic N) is 4.